The Morgan fingerprint density at radius 3 is 2.95 bits per heavy atom. The van der Waals surface area contributed by atoms with Gasteiger partial charge in [0.25, 0.3) is 0 Å². The fourth-order valence-electron chi connectivity index (χ4n) is 2.25. The van der Waals surface area contributed by atoms with E-state index in [1.165, 1.54) is 6.26 Å². The van der Waals surface area contributed by atoms with Crippen LogP contribution in [0.15, 0.2) is 47.4 Å². The van der Waals surface area contributed by atoms with Gasteiger partial charge < -0.3 is 14.0 Å². The van der Waals surface area contributed by atoms with Crippen LogP contribution in [0.4, 0.5) is 0 Å². The van der Waals surface area contributed by atoms with Crippen molar-refractivity contribution in [1.29, 1.82) is 0 Å². The van der Waals surface area contributed by atoms with E-state index in [0.717, 1.165) is 16.7 Å². The van der Waals surface area contributed by atoms with Gasteiger partial charge in [0, 0.05) is 13.1 Å². The third kappa shape index (κ3) is 2.52. The zero-order chi connectivity index (χ0) is 14.8. The summed E-state index contributed by atoms with van der Waals surface area (Å²) in [5.41, 5.74) is 2.58. The zero-order valence-electron chi connectivity index (χ0n) is 11.9. The molecular weight excluding hydrogens is 268 g/mol. The van der Waals surface area contributed by atoms with Crippen LogP contribution >= 0.6 is 0 Å². The van der Waals surface area contributed by atoms with Crippen molar-refractivity contribution in [3.8, 4) is 0 Å². The molecule has 21 heavy (non-hydrogen) atoms. The predicted octanol–water partition coefficient (Wildman–Crippen LogP) is 2.24. The first-order valence-electron chi connectivity index (χ1n) is 6.72. The molecule has 6 heteroatoms. The maximum Gasteiger partial charge on any atom is 0.242 e. The average molecular weight is 284 g/mol. The van der Waals surface area contributed by atoms with Gasteiger partial charge in [0.05, 0.1) is 23.4 Å². The van der Waals surface area contributed by atoms with Crippen LogP contribution in [-0.2, 0) is 11.3 Å². The van der Waals surface area contributed by atoms with Crippen LogP contribution in [0, 0.1) is 0 Å². The lowest BCUT2D eigenvalue weighted by atomic mass is 10.2. The summed E-state index contributed by atoms with van der Waals surface area (Å²) in [5.74, 6) is -0.00588. The Morgan fingerprint density at radius 1 is 1.38 bits per heavy atom. The molecule has 3 aromatic rings. The van der Waals surface area contributed by atoms with Crippen molar-refractivity contribution in [2.75, 3.05) is 7.05 Å². The van der Waals surface area contributed by atoms with Gasteiger partial charge >= 0.3 is 0 Å². The van der Waals surface area contributed by atoms with Gasteiger partial charge in [0.2, 0.25) is 5.91 Å². The number of fused-ring (bicyclic) bond motifs is 1. The summed E-state index contributed by atoms with van der Waals surface area (Å²) in [4.78, 5) is 18.4. The number of para-hydroxylation sites is 2. The van der Waals surface area contributed by atoms with E-state index in [1.54, 1.807) is 24.3 Å². The molecule has 0 radical (unpaired) electrons. The topological polar surface area (TPSA) is 64.2 Å². The number of hydrogen-bond donors (Lipinski definition) is 0. The van der Waals surface area contributed by atoms with Gasteiger partial charge in [-0.1, -0.05) is 17.3 Å². The largest absolute Gasteiger partial charge is 0.364 e. The Bertz CT molecular complexity index is 748. The normalized spacial score (nSPS) is 12.5. The Balaban J connectivity index is 1.77. The summed E-state index contributed by atoms with van der Waals surface area (Å²) in [6, 6.07) is 9.38. The molecule has 0 unspecified atom stereocenters. The second kappa shape index (κ2) is 5.40. The third-order valence-corrected chi connectivity index (χ3v) is 3.69. The highest BCUT2D eigenvalue weighted by molar-refractivity contribution is 5.80. The van der Waals surface area contributed by atoms with E-state index in [9.17, 15) is 4.79 Å². The molecule has 0 spiro atoms. The number of amides is 1. The van der Waals surface area contributed by atoms with Crippen LogP contribution in [0.25, 0.3) is 11.0 Å². The maximum atomic E-state index is 12.4. The quantitative estimate of drug-likeness (QED) is 0.737. The van der Waals surface area contributed by atoms with E-state index in [-0.39, 0.29) is 18.5 Å². The predicted molar refractivity (Wildman–Crippen MR) is 77.4 cm³/mol. The van der Waals surface area contributed by atoms with Crippen LogP contribution in [0.1, 0.15) is 18.7 Å². The van der Waals surface area contributed by atoms with Crippen molar-refractivity contribution in [2.45, 2.75) is 19.5 Å². The van der Waals surface area contributed by atoms with Gasteiger partial charge in [-0.15, -0.1) is 0 Å². The van der Waals surface area contributed by atoms with Gasteiger partial charge in [-0.2, -0.15) is 0 Å². The van der Waals surface area contributed by atoms with Gasteiger partial charge in [-0.3, -0.25) is 4.79 Å². The molecule has 1 atom stereocenters. The number of aromatic nitrogens is 3. The minimum absolute atomic E-state index is 0.00588. The summed E-state index contributed by atoms with van der Waals surface area (Å²) in [7, 11) is 1.76. The third-order valence-electron chi connectivity index (χ3n) is 3.69. The molecule has 0 bridgehead atoms. The number of likely N-dealkylation sites (N-methyl/N-ethyl adjacent to an activating group) is 1. The summed E-state index contributed by atoms with van der Waals surface area (Å²) >= 11 is 0. The molecule has 0 aliphatic heterocycles. The number of hydrogen-bond acceptors (Lipinski definition) is 4. The standard InChI is InChI=1S/C15H16N4O2/c1-11(12-7-8-21-17-12)18(2)15(20)9-19-10-16-13-5-3-4-6-14(13)19/h3-8,10-11H,9H2,1-2H3/t11-/m1/s1. The molecule has 0 saturated carbocycles. The van der Waals surface area contributed by atoms with Crippen LogP contribution in [0.3, 0.4) is 0 Å². The molecule has 2 heterocycles. The first-order chi connectivity index (χ1) is 10.2. The fourth-order valence-corrected chi connectivity index (χ4v) is 2.25. The van der Waals surface area contributed by atoms with Gasteiger partial charge in [0.15, 0.2) is 0 Å². The lowest BCUT2D eigenvalue weighted by molar-refractivity contribution is -0.132. The molecule has 0 aliphatic rings. The summed E-state index contributed by atoms with van der Waals surface area (Å²) in [6.45, 7) is 2.17. The first-order valence-corrected chi connectivity index (χ1v) is 6.72. The molecule has 0 N–H and O–H groups in total. The number of nitrogens with zero attached hydrogens (tertiary/aromatic N) is 4. The zero-order valence-corrected chi connectivity index (χ0v) is 11.9. The van der Waals surface area contributed by atoms with Crippen molar-refractivity contribution in [3.05, 3.63) is 48.6 Å². The molecule has 0 aliphatic carbocycles. The second-order valence-electron chi connectivity index (χ2n) is 4.97. The number of rotatable bonds is 4. The average Bonchev–Trinajstić information content (AvgIpc) is 3.16. The van der Waals surface area contributed by atoms with Crippen molar-refractivity contribution in [1.82, 2.24) is 19.6 Å². The summed E-state index contributed by atoms with van der Waals surface area (Å²) < 4.78 is 6.68. The van der Waals surface area contributed by atoms with E-state index in [4.69, 9.17) is 4.52 Å². The highest BCUT2D eigenvalue weighted by atomic mass is 16.5. The van der Waals surface area contributed by atoms with E-state index in [2.05, 4.69) is 10.1 Å². The van der Waals surface area contributed by atoms with Crippen LogP contribution in [0.2, 0.25) is 0 Å². The Kier molecular flexibility index (Phi) is 3.43. The maximum absolute atomic E-state index is 12.4. The van der Waals surface area contributed by atoms with Crippen LogP contribution < -0.4 is 0 Å². The summed E-state index contributed by atoms with van der Waals surface area (Å²) in [6.07, 6.45) is 3.20. The lowest BCUT2D eigenvalue weighted by Crippen LogP contribution is -2.32. The second-order valence-corrected chi connectivity index (χ2v) is 4.97. The van der Waals surface area contributed by atoms with E-state index in [0.29, 0.717) is 0 Å². The van der Waals surface area contributed by atoms with Crippen molar-refractivity contribution >= 4 is 16.9 Å². The molecule has 1 amide bonds. The minimum Gasteiger partial charge on any atom is -0.364 e. The molecule has 1 aromatic carbocycles. The number of carbonyl (C=O) groups is 1. The molecule has 108 valence electrons. The minimum atomic E-state index is -0.133. The highest BCUT2D eigenvalue weighted by Crippen LogP contribution is 2.18. The van der Waals surface area contributed by atoms with Crippen LogP contribution in [-0.4, -0.2) is 32.6 Å². The Labute approximate surface area is 122 Å². The molecular formula is C15H16N4O2. The van der Waals surface area contributed by atoms with Crippen molar-refractivity contribution < 1.29 is 9.32 Å². The van der Waals surface area contributed by atoms with Crippen LogP contribution in [0.5, 0.6) is 0 Å². The molecule has 6 nitrogen and oxygen atoms in total. The van der Waals surface area contributed by atoms with Gasteiger partial charge in [0.1, 0.15) is 18.5 Å². The van der Waals surface area contributed by atoms with E-state index < -0.39 is 0 Å². The SMILES string of the molecule is C[C@H](c1ccon1)N(C)C(=O)Cn1cnc2ccccc21. The lowest BCUT2D eigenvalue weighted by Gasteiger charge is -2.23. The van der Waals surface area contributed by atoms with E-state index in [1.807, 2.05) is 35.8 Å². The molecule has 3 rings (SSSR count). The number of imidazole rings is 1. The van der Waals surface area contributed by atoms with Crippen molar-refractivity contribution in [3.63, 3.8) is 0 Å². The molecule has 0 saturated heterocycles. The van der Waals surface area contributed by atoms with E-state index >= 15 is 0 Å². The first kappa shape index (κ1) is 13.4. The van der Waals surface area contributed by atoms with Gasteiger partial charge in [-0.25, -0.2) is 4.98 Å². The molecule has 2 aromatic heterocycles. The van der Waals surface area contributed by atoms with Crippen molar-refractivity contribution in [2.24, 2.45) is 0 Å². The summed E-state index contributed by atoms with van der Waals surface area (Å²) in [5, 5.41) is 3.88. The monoisotopic (exact) mass is 284 g/mol. The highest BCUT2D eigenvalue weighted by Gasteiger charge is 2.20. The smallest absolute Gasteiger partial charge is 0.242 e. The Hall–Kier alpha value is -2.63. The number of benzene rings is 1. The fraction of sp³-hybridized carbons (Fsp3) is 0.267. The Morgan fingerprint density at radius 2 is 2.19 bits per heavy atom. The number of carbonyl (C=O) groups excluding carboxylic acids is 1. The van der Waals surface area contributed by atoms with Gasteiger partial charge in [-0.05, 0) is 19.1 Å². The molecule has 0 fully saturated rings.